The van der Waals surface area contributed by atoms with Crippen molar-refractivity contribution in [3.8, 4) is 0 Å². The Morgan fingerprint density at radius 1 is 0.906 bits per heavy atom. The second-order valence-electron chi connectivity index (χ2n) is 9.65. The van der Waals surface area contributed by atoms with Crippen molar-refractivity contribution in [2.24, 2.45) is 0 Å². The van der Waals surface area contributed by atoms with E-state index < -0.39 is 0 Å². The molecule has 2 heterocycles. The highest BCUT2D eigenvalue weighted by Crippen LogP contribution is 2.43. The molecule has 0 spiro atoms. The number of para-hydroxylation sites is 1. The Labute approximate surface area is 205 Å². The first-order valence-corrected chi connectivity index (χ1v) is 11.7. The van der Waals surface area contributed by atoms with Crippen LogP contribution in [0.5, 0.6) is 0 Å². The Morgan fingerprint density at radius 2 is 1.59 bits per heavy atom. The van der Waals surface area contributed by atoms with E-state index in [1.165, 1.54) is 73.6 Å². The second-order valence-corrected chi connectivity index (χ2v) is 9.65. The van der Waals surface area contributed by atoms with Crippen LogP contribution < -0.4 is 0 Å². The van der Waals surface area contributed by atoms with E-state index in [1.54, 1.807) is 0 Å². The third-order valence-electron chi connectivity index (χ3n) is 7.98. The molecule has 1 N–H and O–H groups in total. The number of piperidine rings is 1. The van der Waals surface area contributed by atoms with Crippen LogP contribution in [0, 0.1) is 0 Å². The summed E-state index contributed by atoms with van der Waals surface area (Å²) in [5, 5.41) is 1.42. The van der Waals surface area contributed by atoms with E-state index in [-0.39, 0.29) is 30.4 Å². The maximum atomic E-state index is 3.50. The summed E-state index contributed by atoms with van der Waals surface area (Å²) in [4.78, 5) is 8.79. The first kappa shape index (κ1) is 25.1. The second kappa shape index (κ2) is 10.6. The van der Waals surface area contributed by atoms with Crippen molar-refractivity contribution in [1.29, 1.82) is 0 Å². The molecular formula is C27H37Cl2N3. The minimum atomic E-state index is 0. The Balaban J connectivity index is 0.00000144. The van der Waals surface area contributed by atoms with Gasteiger partial charge in [-0.3, -0.25) is 9.80 Å². The van der Waals surface area contributed by atoms with Gasteiger partial charge >= 0.3 is 0 Å². The molecule has 1 saturated heterocycles. The summed E-state index contributed by atoms with van der Waals surface area (Å²) >= 11 is 0. The average Bonchev–Trinajstić information content (AvgIpc) is 3.24. The summed E-state index contributed by atoms with van der Waals surface area (Å²) in [6, 6.07) is 20.7. The molecule has 0 bridgehead atoms. The number of hydrogen-bond donors (Lipinski definition) is 1. The van der Waals surface area contributed by atoms with Crippen LogP contribution in [-0.4, -0.2) is 48.0 Å². The third kappa shape index (κ3) is 4.59. The minimum Gasteiger partial charge on any atom is -0.361 e. The van der Waals surface area contributed by atoms with Gasteiger partial charge in [-0.1, -0.05) is 48.5 Å². The molecule has 1 aliphatic heterocycles. The molecule has 5 rings (SSSR count). The highest BCUT2D eigenvalue weighted by molar-refractivity contribution is 5.85. The molecule has 2 aromatic carbocycles. The van der Waals surface area contributed by atoms with Gasteiger partial charge in [-0.05, 0) is 82.3 Å². The fourth-order valence-corrected chi connectivity index (χ4v) is 6.21. The number of benzene rings is 2. The first-order valence-electron chi connectivity index (χ1n) is 11.7. The van der Waals surface area contributed by atoms with Gasteiger partial charge in [0.2, 0.25) is 0 Å². The van der Waals surface area contributed by atoms with E-state index in [4.69, 9.17) is 0 Å². The highest BCUT2D eigenvalue weighted by atomic mass is 35.5. The maximum absolute atomic E-state index is 3.50. The molecule has 1 saturated carbocycles. The molecule has 1 atom stereocenters. The molecule has 174 valence electrons. The van der Waals surface area contributed by atoms with Crippen molar-refractivity contribution in [2.45, 2.75) is 56.0 Å². The van der Waals surface area contributed by atoms with Gasteiger partial charge in [0.15, 0.2) is 0 Å². The van der Waals surface area contributed by atoms with Crippen LogP contribution in [0.25, 0.3) is 10.9 Å². The van der Waals surface area contributed by atoms with Gasteiger partial charge in [0.1, 0.15) is 0 Å². The van der Waals surface area contributed by atoms with Crippen LogP contribution in [0.2, 0.25) is 0 Å². The predicted molar refractivity (Wildman–Crippen MR) is 140 cm³/mol. The molecule has 0 radical (unpaired) electrons. The fourth-order valence-electron chi connectivity index (χ4n) is 6.21. The summed E-state index contributed by atoms with van der Waals surface area (Å²) < 4.78 is 0. The van der Waals surface area contributed by atoms with Gasteiger partial charge in [-0.2, -0.15) is 0 Å². The van der Waals surface area contributed by atoms with Crippen molar-refractivity contribution in [2.75, 3.05) is 27.2 Å². The standard InChI is InChI=1S/C27H35N3.2ClH/c1-29(2)27(22-10-4-3-5-11-22)16-14-23(15-17-27)30-18-8-9-21(20-30)25-19-28-26-13-7-6-12-24(25)26;;/h3-7,10-13,19,21,23,28H,8-9,14-18,20H2,1-2H3;2*1H. The van der Waals surface area contributed by atoms with Crippen molar-refractivity contribution in [3.63, 3.8) is 0 Å². The van der Waals surface area contributed by atoms with E-state index in [1.807, 2.05) is 0 Å². The molecule has 1 aliphatic carbocycles. The molecular weight excluding hydrogens is 437 g/mol. The van der Waals surface area contributed by atoms with Gasteiger partial charge in [0, 0.05) is 35.2 Å². The highest BCUT2D eigenvalue weighted by Gasteiger charge is 2.40. The number of rotatable bonds is 4. The van der Waals surface area contributed by atoms with Gasteiger partial charge in [0.25, 0.3) is 0 Å². The monoisotopic (exact) mass is 473 g/mol. The summed E-state index contributed by atoms with van der Waals surface area (Å²) in [6.45, 7) is 2.48. The van der Waals surface area contributed by atoms with E-state index in [0.717, 1.165) is 6.04 Å². The number of aromatic nitrogens is 1. The minimum absolute atomic E-state index is 0. The molecule has 5 heteroatoms. The third-order valence-corrected chi connectivity index (χ3v) is 7.98. The van der Waals surface area contributed by atoms with Gasteiger partial charge < -0.3 is 4.98 Å². The number of nitrogens with zero attached hydrogens (tertiary/aromatic N) is 2. The Hall–Kier alpha value is -1.52. The van der Waals surface area contributed by atoms with Crippen LogP contribution in [0.1, 0.15) is 55.6 Å². The summed E-state index contributed by atoms with van der Waals surface area (Å²) in [7, 11) is 4.53. The lowest BCUT2D eigenvalue weighted by Gasteiger charge is -2.49. The van der Waals surface area contributed by atoms with E-state index in [0.29, 0.717) is 5.92 Å². The fraction of sp³-hybridized carbons (Fsp3) is 0.481. The average molecular weight is 475 g/mol. The number of likely N-dealkylation sites (tertiary alicyclic amines) is 1. The number of nitrogens with one attached hydrogen (secondary N) is 1. The predicted octanol–water partition coefficient (Wildman–Crippen LogP) is 6.59. The van der Waals surface area contributed by atoms with Crippen LogP contribution in [0.4, 0.5) is 0 Å². The van der Waals surface area contributed by atoms with Crippen molar-refractivity contribution in [1.82, 2.24) is 14.8 Å². The smallest absolute Gasteiger partial charge is 0.0456 e. The lowest BCUT2D eigenvalue weighted by Crippen LogP contribution is -2.50. The van der Waals surface area contributed by atoms with Crippen molar-refractivity contribution in [3.05, 3.63) is 71.9 Å². The molecule has 0 amide bonds. The van der Waals surface area contributed by atoms with E-state index in [9.17, 15) is 0 Å². The number of fused-ring (bicyclic) bond motifs is 1. The van der Waals surface area contributed by atoms with Gasteiger partial charge in [-0.25, -0.2) is 0 Å². The maximum Gasteiger partial charge on any atom is 0.0456 e. The number of aromatic amines is 1. The summed E-state index contributed by atoms with van der Waals surface area (Å²) in [5.41, 5.74) is 4.49. The molecule has 3 aromatic rings. The quantitative estimate of drug-likeness (QED) is 0.461. The Kier molecular flexibility index (Phi) is 8.32. The largest absolute Gasteiger partial charge is 0.361 e. The van der Waals surface area contributed by atoms with Gasteiger partial charge in [0.05, 0.1) is 0 Å². The number of halogens is 2. The van der Waals surface area contributed by atoms with Crippen LogP contribution in [0.15, 0.2) is 60.8 Å². The number of hydrogen-bond acceptors (Lipinski definition) is 2. The number of H-pyrrole nitrogens is 1. The van der Waals surface area contributed by atoms with Crippen LogP contribution >= 0.6 is 24.8 Å². The van der Waals surface area contributed by atoms with Crippen molar-refractivity contribution < 1.29 is 0 Å². The van der Waals surface area contributed by atoms with E-state index in [2.05, 4.69) is 89.7 Å². The zero-order valence-electron chi connectivity index (χ0n) is 19.3. The van der Waals surface area contributed by atoms with Gasteiger partial charge in [-0.15, -0.1) is 24.8 Å². The van der Waals surface area contributed by atoms with E-state index >= 15 is 0 Å². The van der Waals surface area contributed by atoms with Crippen molar-refractivity contribution >= 4 is 35.7 Å². The molecule has 2 aliphatic rings. The van der Waals surface area contributed by atoms with Crippen LogP contribution in [0.3, 0.4) is 0 Å². The SMILES string of the molecule is CN(C)C1(c2ccccc2)CCC(N2CCCC(c3c[nH]c4ccccc34)C2)CC1.Cl.Cl. The first-order chi connectivity index (χ1) is 14.7. The molecule has 1 aromatic heterocycles. The lowest BCUT2D eigenvalue weighted by atomic mass is 9.73. The topological polar surface area (TPSA) is 22.3 Å². The zero-order valence-corrected chi connectivity index (χ0v) is 20.9. The molecule has 3 nitrogen and oxygen atoms in total. The zero-order chi connectivity index (χ0) is 20.6. The molecule has 32 heavy (non-hydrogen) atoms. The lowest BCUT2D eigenvalue weighted by molar-refractivity contribution is 0.0389. The summed E-state index contributed by atoms with van der Waals surface area (Å²) in [6.07, 6.45) is 10.0. The molecule has 1 unspecified atom stereocenters. The Bertz CT molecular complexity index is 977. The summed E-state index contributed by atoms with van der Waals surface area (Å²) in [5.74, 6) is 0.657. The Morgan fingerprint density at radius 3 is 2.31 bits per heavy atom. The normalized spacial score (nSPS) is 26.5. The molecule has 2 fully saturated rings. The van der Waals surface area contributed by atoms with Crippen LogP contribution in [-0.2, 0) is 5.54 Å².